The highest BCUT2D eigenvalue weighted by Gasteiger charge is 2.00. The first-order valence-corrected chi connectivity index (χ1v) is 6.20. The molecule has 0 aliphatic rings. The van der Waals surface area contributed by atoms with Gasteiger partial charge in [-0.15, -0.1) is 16.7 Å². The van der Waals surface area contributed by atoms with Crippen LogP contribution in [0.2, 0.25) is 0 Å². The first kappa shape index (κ1) is 12.5. The molecule has 0 radical (unpaired) electrons. The summed E-state index contributed by atoms with van der Waals surface area (Å²) in [5.74, 6) is 1.46. The second-order valence-corrected chi connectivity index (χ2v) is 4.68. The topological polar surface area (TPSA) is 30.7 Å². The summed E-state index contributed by atoms with van der Waals surface area (Å²) in [6, 6.07) is 0. The Balaban J connectivity index is 2.26. The average molecular weight is 230 g/mol. The van der Waals surface area contributed by atoms with Gasteiger partial charge in [-0.25, -0.2) is 0 Å². The third kappa shape index (κ3) is 5.17. The van der Waals surface area contributed by atoms with Crippen LogP contribution in [0.4, 0.5) is 0 Å². The van der Waals surface area contributed by atoms with Crippen molar-refractivity contribution in [2.45, 2.75) is 46.1 Å². The molecular formula is C11H20ClN3. The Morgan fingerprint density at radius 1 is 1.40 bits per heavy atom. The lowest BCUT2D eigenvalue weighted by molar-refractivity contribution is 0.482. The van der Waals surface area contributed by atoms with Gasteiger partial charge in [0.25, 0.3) is 0 Å². The van der Waals surface area contributed by atoms with Gasteiger partial charge < -0.3 is 0 Å². The highest BCUT2D eigenvalue weighted by molar-refractivity contribution is 6.17. The molecule has 0 spiro atoms. The molecule has 15 heavy (non-hydrogen) atoms. The van der Waals surface area contributed by atoms with Crippen molar-refractivity contribution in [1.29, 1.82) is 0 Å². The summed E-state index contributed by atoms with van der Waals surface area (Å²) >= 11 is 5.62. The lowest BCUT2D eigenvalue weighted by Crippen LogP contribution is -2.00. The van der Waals surface area contributed by atoms with Gasteiger partial charge in [0.2, 0.25) is 0 Å². The smallest absolute Gasteiger partial charge is 0.0827 e. The molecule has 0 aliphatic heterocycles. The maximum absolute atomic E-state index is 5.62. The summed E-state index contributed by atoms with van der Waals surface area (Å²) < 4.78 is 1.94. The number of hydrogen-bond donors (Lipinski definition) is 0. The molecule has 0 atom stereocenters. The van der Waals surface area contributed by atoms with Gasteiger partial charge in [-0.05, 0) is 31.6 Å². The first-order valence-electron chi connectivity index (χ1n) is 5.67. The van der Waals surface area contributed by atoms with E-state index in [0.29, 0.717) is 5.88 Å². The lowest BCUT2D eigenvalue weighted by atomic mass is 10.1. The third-order valence-corrected chi connectivity index (χ3v) is 2.59. The molecule has 4 heteroatoms. The Kier molecular flexibility index (Phi) is 5.69. The van der Waals surface area contributed by atoms with E-state index in [0.717, 1.165) is 31.0 Å². The van der Waals surface area contributed by atoms with E-state index in [-0.39, 0.29) is 0 Å². The van der Waals surface area contributed by atoms with E-state index in [1.54, 1.807) is 0 Å². The van der Waals surface area contributed by atoms with Crippen molar-refractivity contribution < 1.29 is 0 Å². The van der Waals surface area contributed by atoms with Crippen molar-refractivity contribution in [2.24, 2.45) is 5.92 Å². The van der Waals surface area contributed by atoms with Gasteiger partial charge in [-0.2, -0.15) is 0 Å². The van der Waals surface area contributed by atoms with Crippen LogP contribution in [-0.4, -0.2) is 20.9 Å². The third-order valence-electron chi connectivity index (χ3n) is 2.32. The van der Waals surface area contributed by atoms with E-state index >= 15 is 0 Å². The van der Waals surface area contributed by atoms with Crippen molar-refractivity contribution in [1.82, 2.24) is 15.0 Å². The van der Waals surface area contributed by atoms with Crippen LogP contribution in [-0.2, 0) is 13.0 Å². The Labute approximate surface area is 96.8 Å². The molecule has 0 aliphatic carbocycles. The lowest BCUT2D eigenvalue weighted by Gasteiger charge is -2.03. The second-order valence-electron chi connectivity index (χ2n) is 4.30. The van der Waals surface area contributed by atoms with Crippen LogP contribution in [0.25, 0.3) is 0 Å². The normalized spacial score (nSPS) is 11.2. The Morgan fingerprint density at radius 2 is 2.20 bits per heavy atom. The largest absolute Gasteiger partial charge is 0.252 e. The predicted molar refractivity (Wildman–Crippen MR) is 63.1 cm³/mol. The zero-order valence-electron chi connectivity index (χ0n) is 9.62. The number of halogens is 1. The van der Waals surface area contributed by atoms with Crippen molar-refractivity contribution in [3.8, 4) is 0 Å². The molecule has 0 saturated carbocycles. The van der Waals surface area contributed by atoms with Gasteiger partial charge in [-0.3, -0.25) is 4.68 Å². The van der Waals surface area contributed by atoms with Crippen molar-refractivity contribution in [2.75, 3.05) is 5.88 Å². The molecule has 0 saturated heterocycles. The van der Waals surface area contributed by atoms with Gasteiger partial charge in [-0.1, -0.05) is 19.1 Å². The molecule has 0 N–H and O–H groups in total. The highest BCUT2D eigenvalue weighted by atomic mass is 35.5. The zero-order chi connectivity index (χ0) is 11.1. The molecule has 0 unspecified atom stereocenters. The first-order chi connectivity index (χ1) is 7.22. The molecule has 1 rings (SSSR count). The standard InChI is InChI=1S/C11H20ClN3/c1-10(2)5-4-8-15-9-11(13-14-15)6-3-7-12/h9-10H,3-8H2,1-2H3. The number of rotatable bonds is 7. The summed E-state index contributed by atoms with van der Waals surface area (Å²) in [5.41, 5.74) is 1.06. The molecule has 1 heterocycles. The number of nitrogens with zero attached hydrogens (tertiary/aromatic N) is 3. The van der Waals surface area contributed by atoms with Crippen LogP contribution < -0.4 is 0 Å². The average Bonchev–Trinajstić information content (AvgIpc) is 2.62. The van der Waals surface area contributed by atoms with Crippen molar-refractivity contribution in [3.05, 3.63) is 11.9 Å². The fourth-order valence-electron chi connectivity index (χ4n) is 1.47. The maximum Gasteiger partial charge on any atom is 0.0827 e. The van der Waals surface area contributed by atoms with Gasteiger partial charge in [0.05, 0.1) is 5.69 Å². The van der Waals surface area contributed by atoms with Crippen LogP contribution >= 0.6 is 11.6 Å². The molecule has 86 valence electrons. The van der Waals surface area contributed by atoms with Crippen molar-refractivity contribution >= 4 is 11.6 Å². The Hall–Kier alpha value is -0.570. The summed E-state index contributed by atoms with van der Waals surface area (Å²) in [4.78, 5) is 0. The van der Waals surface area contributed by atoms with E-state index in [9.17, 15) is 0 Å². The SMILES string of the molecule is CC(C)CCCn1cc(CCCCl)nn1. The molecule has 0 bridgehead atoms. The second kappa shape index (κ2) is 6.83. The van der Waals surface area contributed by atoms with Crippen LogP contribution in [0, 0.1) is 5.92 Å². The molecule has 0 fully saturated rings. The maximum atomic E-state index is 5.62. The fraction of sp³-hybridized carbons (Fsp3) is 0.818. The van der Waals surface area contributed by atoms with Crippen LogP contribution in [0.1, 0.15) is 38.8 Å². The van der Waals surface area contributed by atoms with E-state index in [2.05, 4.69) is 24.2 Å². The minimum Gasteiger partial charge on any atom is -0.252 e. The quantitative estimate of drug-likeness (QED) is 0.674. The van der Waals surface area contributed by atoms with E-state index in [1.165, 1.54) is 12.8 Å². The number of aromatic nitrogens is 3. The summed E-state index contributed by atoms with van der Waals surface area (Å²) in [5, 5.41) is 8.20. The molecule has 1 aromatic heterocycles. The van der Waals surface area contributed by atoms with Crippen LogP contribution in [0.5, 0.6) is 0 Å². The molecule has 3 nitrogen and oxygen atoms in total. The van der Waals surface area contributed by atoms with Crippen LogP contribution in [0.3, 0.4) is 0 Å². The summed E-state index contributed by atoms with van der Waals surface area (Å²) in [7, 11) is 0. The van der Waals surface area contributed by atoms with Gasteiger partial charge in [0.15, 0.2) is 0 Å². The summed E-state index contributed by atoms with van der Waals surface area (Å²) in [6.07, 6.45) is 6.37. The summed E-state index contributed by atoms with van der Waals surface area (Å²) in [6.45, 7) is 5.46. The van der Waals surface area contributed by atoms with E-state index in [1.807, 2.05) is 10.9 Å². The molecule has 0 amide bonds. The Bertz CT molecular complexity index is 271. The monoisotopic (exact) mass is 229 g/mol. The molecule has 0 aromatic carbocycles. The highest BCUT2D eigenvalue weighted by Crippen LogP contribution is 2.05. The van der Waals surface area contributed by atoms with Gasteiger partial charge >= 0.3 is 0 Å². The predicted octanol–water partition coefficient (Wildman–Crippen LogP) is 2.89. The van der Waals surface area contributed by atoms with Crippen LogP contribution in [0.15, 0.2) is 6.20 Å². The number of hydrogen-bond acceptors (Lipinski definition) is 2. The van der Waals surface area contributed by atoms with E-state index in [4.69, 9.17) is 11.6 Å². The molecular weight excluding hydrogens is 210 g/mol. The van der Waals surface area contributed by atoms with Crippen molar-refractivity contribution in [3.63, 3.8) is 0 Å². The van der Waals surface area contributed by atoms with Gasteiger partial charge in [0, 0.05) is 18.6 Å². The number of aryl methyl sites for hydroxylation is 2. The number of alkyl halides is 1. The minimum absolute atomic E-state index is 0.695. The van der Waals surface area contributed by atoms with Gasteiger partial charge in [0.1, 0.15) is 0 Å². The Morgan fingerprint density at radius 3 is 2.87 bits per heavy atom. The minimum atomic E-state index is 0.695. The fourth-order valence-corrected chi connectivity index (χ4v) is 1.61. The molecule has 1 aromatic rings. The zero-order valence-corrected chi connectivity index (χ0v) is 10.4. The van der Waals surface area contributed by atoms with E-state index < -0.39 is 0 Å².